The van der Waals surface area contributed by atoms with Crippen LogP contribution in [-0.2, 0) is 6.42 Å². The molecule has 1 aromatic rings. The van der Waals surface area contributed by atoms with Gasteiger partial charge in [-0.05, 0) is 41.5 Å². The molecule has 1 aromatic carbocycles. The number of benzene rings is 1. The maximum absolute atomic E-state index is 2.30. The van der Waals surface area contributed by atoms with Crippen LogP contribution in [0.5, 0.6) is 0 Å². The minimum Gasteiger partial charge on any atom is -0.0839 e. The Labute approximate surface area is 78.6 Å². The van der Waals surface area contributed by atoms with E-state index in [1.807, 2.05) is 0 Å². The Hall–Kier alpha value is -1.30. The van der Waals surface area contributed by atoms with Crippen LogP contribution in [0, 0.1) is 0 Å². The van der Waals surface area contributed by atoms with Gasteiger partial charge >= 0.3 is 0 Å². The highest BCUT2D eigenvalue weighted by molar-refractivity contribution is 5.79. The smallest absolute Gasteiger partial charge is 0.00169 e. The van der Waals surface area contributed by atoms with Crippen molar-refractivity contribution in [3.05, 3.63) is 53.1 Å². The Kier molecular flexibility index (Phi) is 1.42. The molecule has 64 valence electrons. The van der Waals surface area contributed by atoms with Gasteiger partial charge in [0.2, 0.25) is 0 Å². The second-order valence-corrected chi connectivity index (χ2v) is 3.78. The van der Waals surface area contributed by atoms with Crippen LogP contribution < -0.4 is 0 Å². The average Bonchev–Trinajstić information content (AvgIpc) is 2.56. The standard InChI is InChI=1S/C13H12/c1-3-7-12-10(5-1)9-11-6-2-4-8-13(11)12/h1-3,5-7H,4,8-9H2. The molecule has 0 amide bonds. The summed E-state index contributed by atoms with van der Waals surface area (Å²) in [4.78, 5) is 0. The number of rotatable bonds is 0. The monoisotopic (exact) mass is 168 g/mol. The minimum absolute atomic E-state index is 1.15. The lowest BCUT2D eigenvalue weighted by molar-refractivity contribution is 1.04. The fraction of sp³-hybridized carbons (Fsp3) is 0.231. The van der Waals surface area contributed by atoms with Crippen molar-refractivity contribution in [1.29, 1.82) is 0 Å². The SMILES string of the molecule is C1=CC2=C(CC1)c1ccccc1C2. The molecule has 0 nitrogen and oxygen atoms in total. The van der Waals surface area contributed by atoms with Gasteiger partial charge in [-0.2, -0.15) is 0 Å². The lowest BCUT2D eigenvalue weighted by Gasteiger charge is -2.08. The zero-order valence-electron chi connectivity index (χ0n) is 7.59. The summed E-state index contributed by atoms with van der Waals surface area (Å²) in [6.07, 6.45) is 8.21. The molecule has 0 saturated heterocycles. The highest BCUT2D eigenvalue weighted by atomic mass is 14.2. The van der Waals surface area contributed by atoms with Crippen LogP contribution in [0.15, 0.2) is 42.0 Å². The molecule has 0 fully saturated rings. The van der Waals surface area contributed by atoms with E-state index in [9.17, 15) is 0 Å². The van der Waals surface area contributed by atoms with Crippen molar-refractivity contribution in [3.63, 3.8) is 0 Å². The van der Waals surface area contributed by atoms with Crippen molar-refractivity contribution >= 4 is 5.57 Å². The molecule has 0 radical (unpaired) electrons. The van der Waals surface area contributed by atoms with Crippen molar-refractivity contribution in [1.82, 2.24) is 0 Å². The summed E-state index contributed by atoms with van der Waals surface area (Å²) < 4.78 is 0. The van der Waals surface area contributed by atoms with Gasteiger partial charge in [0, 0.05) is 0 Å². The number of allylic oxidation sites excluding steroid dienone is 4. The molecule has 0 saturated carbocycles. The first-order chi connectivity index (χ1) is 6.45. The van der Waals surface area contributed by atoms with E-state index in [2.05, 4.69) is 36.4 Å². The van der Waals surface area contributed by atoms with Gasteiger partial charge in [-0.1, -0.05) is 36.4 Å². The van der Waals surface area contributed by atoms with Gasteiger partial charge < -0.3 is 0 Å². The van der Waals surface area contributed by atoms with Gasteiger partial charge in [0.1, 0.15) is 0 Å². The van der Waals surface area contributed by atoms with Crippen molar-refractivity contribution in [2.24, 2.45) is 0 Å². The third kappa shape index (κ3) is 0.983. The predicted molar refractivity (Wildman–Crippen MR) is 55.4 cm³/mol. The van der Waals surface area contributed by atoms with Crippen LogP contribution in [0.25, 0.3) is 5.57 Å². The summed E-state index contributed by atoms with van der Waals surface area (Å²) in [5, 5.41) is 0. The fourth-order valence-electron chi connectivity index (χ4n) is 2.36. The molecule has 3 rings (SSSR count). The molecular formula is C13H12. The highest BCUT2D eigenvalue weighted by Gasteiger charge is 2.19. The largest absolute Gasteiger partial charge is 0.0839 e. The summed E-state index contributed by atoms with van der Waals surface area (Å²) >= 11 is 0. The highest BCUT2D eigenvalue weighted by Crippen LogP contribution is 2.38. The molecule has 0 heterocycles. The number of hydrogen-bond donors (Lipinski definition) is 0. The Morgan fingerprint density at radius 1 is 1.08 bits per heavy atom. The van der Waals surface area contributed by atoms with E-state index in [4.69, 9.17) is 0 Å². The van der Waals surface area contributed by atoms with Crippen LogP contribution >= 0.6 is 0 Å². The molecule has 2 aliphatic rings. The van der Waals surface area contributed by atoms with Crippen LogP contribution in [0.2, 0.25) is 0 Å². The normalized spacial score (nSPS) is 18.8. The van der Waals surface area contributed by atoms with Crippen LogP contribution in [0.1, 0.15) is 24.0 Å². The third-order valence-corrected chi connectivity index (χ3v) is 2.99. The average molecular weight is 168 g/mol. The van der Waals surface area contributed by atoms with E-state index in [1.165, 1.54) is 24.0 Å². The van der Waals surface area contributed by atoms with Crippen LogP contribution in [0.3, 0.4) is 0 Å². The summed E-state index contributed by atoms with van der Waals surface area (Å²) in [5.41, 5.74) is 6.16. The Balaban J connectivity index is 2.18. The van der Waals surface area contributed by atoms with Crippen molar-refractivity contribution in [2.45, 2.75) is 19.3 Å². The summed E-state index contributed by atoms with van der Waals surface area (Å²) in [6, 6.07) is 8.80. The quantitative estimate of drug-likeness (QED) is 0.557. The molecule has 2 aliphatic carbocycles. The minimum atomic E-state index is 1.15. The van der Waals surface area contributed by atoms with E-state index < -0.39 is 0 Å². The molecule has 0 aromatic heterocycles. The number of hydrogen-bond acceptors (Lipinski definition) is 0. The van der Waals surface area contributed by atoms with Crippen molar-refractivity contribution < 1.29 is 0 Å². The lowest BCUT2D eigenvalue weighted by Crippen LogP contribution is -1.87. The topological polar surface area (TPSA) is 0 Å². The maximum Gasteiger partial charge on any atom is -0.00169 e. The first-order valence-corrected chi connectivity index (χ1v) is 4.92. The molecule has 0 N–H and O–H groups in total. The first-order valence-electron chi connectivity index (χ1n) is 4.92. The molecule has 0 atom stereocenters. The van der Waals surface area contributed by atoms with Gasteiger partial charge in [0.25, 0.3) is 0 Å². The molecule has 13 heavy (non-hydrogen) atoms. The molecular weight excluding hydrogens is 156 g/mol. The van der Waals surface area contributed by atoms with E-state index in [-0.39, 0.29) is 0 Å². The molecule has 0 heteroatoms. The zero-order valence-corrected chi connectivity index (χ0v) is 7.59. The fourth-order valence-corrected chi connectivity index (χ4v) is 2.36. The maximum atomic E-state index is 2.30. The van der Waals surface area contributed by atoms with Gasteiger partial charge in [0.15, 0.2) is 0 Å². The molecule has 0 spiro atoms. The second-order valence-electron chi connectivity index (χ2n) is 3.78. The Morgan fingerprint density at radius 3 is 3.00 bits per heavy atom. The summed E-state index contributed by atoms with van der Waals surface area (Å²) in [6.45, 7) is 0. The predicted octanol–water partition coefficient (Wildman–Crippen LogP) is 3.35. The molecule has 0 bridgehead atoms. The number of fused-ring (bicyclic) bond motifs is 2. The van der Waals surface area contributed by atoms with E-state index in [0.29, 0.717) is 0 Å². The summed E-state index contributed by atoms with van der Waals surface area (Å²) in [5.74, 6) is 0. The van der Waals surface area contributed by atoms with Crippen molar-refractivity contribution in [2.75, 3.05) is 0 Å². The first kappa shape index (κ1) is 7.14. The third-order valence-electron chi connectivity index (χ3n) is 2.99. The van der Waals surface area contributed by atoms with Crippen LogP contribution in [-0.4, -0.2) is 0 Å². The zero-order chi connectivity index (χ0) is 8.67. The second kappa shape index (κ2) is 2.59. The molecule has 0 aliphatic heterocycles. The van der Waals surface area contributed by atoms with E-state index in [1.54, 1.807) is 11.1 Å². The summed E-state index contributed by atoms with van der Waals surface area (Å²) in [7, 11) is 0. The Morgan fingerprint density at radius 2 is 2.00 bits per heavy atom. The Bertz CT molecular complexity index is 408. The van der Waals surface area contributed by atoms with Crippen molar-refractivity contribution in [3.8, 4) is 0 Å². The van der Waals surface area contributed by atoms with Gasteiger partial charge in [0.05, 0.1) is 0 Å². The lowest BCUT2D eigenvalue weighted by atomic mass is 9.97. The van der Waals surface area contributed by atoms with Gasteiger partial charge in [-0.3, -0.25) is 0 Å². The van der Waals surface area contributed by atoms with Gasteiger partial charge in [-0.25, -0.2) is 0 Å². The van der Waals surface area contributed by atoms with Crippen LogP contribution in [0.4, 0.5) is 0 Å². The van der Waals surface area contributed by atoms with E-state index in [0.717, 1.165) is 6.42 Å². The van der Waals surface area contributed by atoms with Gasteiger partial charge in [-0.15, -0.1) is 0 Å². The van der Waals surface area contributed by atoms with E-state index >= 15 is 0 Å². The molecule has 0 unspecified atom stereocenters.